The van der Waals surface area contributed by atoms with Crippen LogP contribution >= 0.6 is 0 Å². The normalized spacial score (nSPS) is 20.8. The molecule has 4 rings (SSSR count). The van der Waals surface area contributed by atoms with E-state index >= 15 is 0 Å². The fourth-order valence-corrected chi connectivity index (χ4v) is 3.74. The van der Waals surface area contributed by atoms with Gasteiger partial charge in [0, 0.05) is 24.2 Å². The molecule has 7 nitrogen and oxygen atoms in total. The van der Waals surface area contributed by atoms with Crippen molar-refractivity contribution in [2.45, 2.75) is 13.0 Å². The van der Waals surface area contributed by atoms with Gasteiger partial charge in [-0.05, 0) is 31.2 Å². The number of aliphatic imine (C=N–C) groups is 1. The first kappa shape index (κ1) is 20.1. The molecule has 154 valence electrons. The number of hydrogen-bond acceptors (Lipinski definition) is 7. The summed E-state index contributed by atoms with van der Waals surface area (Å²) in [6, 6.07) is 12.6. The maximum Gasteiger partial charge on any atom is 0.338 e. The second-order valence-electron chi connectivity index (χ2n) is 7.05. The zero-order valence-electron chi connectivity index (χ0n) is 16.7. The maximum atomic E-state index is 13.3. The van der Waals surface area contributed by atoms with Crippen molar-refractivity contribution in [1.29, 1.82) is 0 Å². The first-order valence-corrected chi connectivity index (χ1v) is 9.95. The number of hydrogen-bond donors (Lipinski definition) is 0. The van der Waals surface area contributed by atoms with Crippen molar-refractivity contribution in [2.75, 3.05) is 32.9 Å². The molecule has 0 radical (unpaired) electrons. The molecule has 0 saturated carbocycles. The molecule has 0 aromatic heterocycles. The number of carbonyl (C=O) groups excluding carboxylic acids is 3. The quantitative estimate of drug-likeness (QED) is 0.726. The third-order valence-electron chi connectivity index (χ3n) is 5.22. The SMILES string of the molecule is CCOC(=O)c1ccc(N=C2C(=O)c3ccccc3C(=O)C2N2CCOCC2)cc1. The van der Waals surface area contributed by atoms with Crippen LogP contribution in [0.3, 0.4) is 0 Å². The predicted molar refractivity (Wildman–Crippen MR) is 111 cm³/mol. The molecule has 0 spiro atoms. The lowest BCUT2D eigenvalue weighted by Gasteiger charge is -2.36. The highest BCUT2D eigenvalue weighted by Crippen LogP contribution is 2.26. The average Bonchev–Trinajstić information content (AvgIpc) is 2.79. The molecular weight excluding hydrogens is 384 g/mol. The minimum Gasteiger partial charge on any atom is -0.462 e. The van der Waals surface area contributed by atoms with Crippen molar-refractivity contribution in [2.24, 2.45) is 4.99 Å². The van der Waals surface area contributed by atoms with Crippen molar-refractivity contribution >= 4 is 28.9 Å². The summed E-state index contributed by atoms with van der Waals surface area (Å²) in [7, 11) is 0. The number of ketones is 2. The van der Waals surface area contributed by atoms with E-state index in [0.717, 1.165) is 0 Å². The summed E-state index contributed by atoms with van der Waals surface area (Å²) in [5, 5.41) is 0. The van der Waals surface area contributed by atoms with E-state index in [2.05, 4.69) is 4.99 Å². The van der Waals surface area contributed by atoms with Gasteiger partial charge >= 0.3 is 5.97 Å². The van der Waals surface area contributed by atoms with Gasteiger partial charge in [0.05, 0.1) is 31.1 Å². The van der Waals surface area contributed by atoms with E-state index in [1.165, 1.54) is 0 Å². The molecule has 1 heterocycles. The summed E-state index contributed by atoms with van der Waals surface area (Å²) in [4.78, 5) is 44.9. The van der Waals surface area contributed by atoms with Gasteiger partial charge in [0.2, 0.25) is 5.78 Å². The number of nitrogens with zero attached hydrogens (tertiary/aromatic N) is 2. The van der Waals surface area contributed by atoms with Crippen LogP contribution in [0, 0.1) is 0 Å². The van der Waals surface area contributed by atoms with Crippen LogP contribution in [0.1, 0.15) is 38.0 Å². The highest BCUT2D eigenvalue weighted by molar-refractivity contribution is 6.55. The molecule has 1 unspecified atom stereocenters. The molecule has 1 fully saturated rings. The second kappa shape index (κ2) is 8.69. The molecule has 2 aliphatic rings. The van der Waals surface area contributed by atoms with Gasteiger partial charge in [-0.3, -0.25) is 14.5 Å². The summed E-state index contributed by atoms with van der Waals surface area (Å²) in [5.41, 5.74) is 1.90. The Labute approximate surface area is 174 Å². The van der Waals surface area contributed by atoms with Crippen molar-refractivity contribution < 1.29 is 23.9 Å². The Bertz CT molecular complexity index is 1010. The van der Waals surface area contributed by atoms with Gasteiger partial charge in [0.25, 0.3) is 0 Å². The minimum atomic E-state index is -0.749. The van der Waals surface area contributed by atoms with Crippen LogP contribution in [0.4, 0.5) is 5.69 Å². The molecule has 30 heavy (non-hydrogen) atoms. The smallest absolute Gasteiger partial charge is 0.338 e. The van der Waals surface area contributed by atoms with Gasteiger partial charge in [-0.1, -0.05) is 24.3 Å². The van der Waals surface area contributed by atoms with E-state index in [1.54, 1.807) is 55.5 Å². The molecule has 1 atom stereocenters. The summed E-state index contributed by atoms with van der Waals surface area (Å²) >= 11 is 0. The lowest BCUT2D eigenvalue weighted by molar-refractivity contribution is 0.0278. The highest BCUT2D eigenvalue weighted by Gasteiger charge is 2.42. The molecule has 2 aromatic rings. The molecule has 1 saturated heterocycles. The lowest BCUT2D eigenvalue weighted by atomic mass is 9.83. The van der Waals surface area contributed by atoms with Gasteiger partial charge in [-0.15, -0.1) is 0 Å². The molecule has 7 heteroatoms. The molecular formula is C23H22N2O5. The van der Waals surface area contributed by atoms with Gasteiger partial charge in [0.15, 0.2) is 5.78 Å². The average molecular weight is 406 g/mol. The zero-order chi connectivity index (χ0) is 21.1. The number of benzene rings is 2. The van der Waals surface area contributed by atoms with E-state index in [9.17, 15) is 14.4 Å². The van der Waals surface area contributed by atoms with E-state index in [0.29, 0.717) is 55.3 Å². The lowest BCUT2D eigenvalue weighted by Crippen LogP contribution is -2.55. The van der Waals surface area contributed by atoms with Gasteiger partial charge in [-0.2, -0.15) is 0 Å². The largest absolute Gasteiger partial charge is 0.462 e. The number of morpholine rings is 1. The van der Waals surface area contributed by atoms with Crippen molar-refractivity contribution in [3.63, 3.8) is 0 Å². The number of rotatable bonds is 4. The third kappa shape index (κ3) is 3.81. The first-order chi connectivity index (χ1) is 14.6. The standard InChI is InChI=1S/C23H22N2O5/c1-2-30-23(28)15-7-9-16(10-8-15)24-19-20(25-11-13-29-14-12-25)22(27)18-6-4-3-5-17(18)21(19)26/h3-10,20H,2,11-14H2,1H3. The van der Waals surface area contributed by atoms with Crippen LogP contribution in [0.2, 0.25) is 0 Å². The number of Topliss-reactive ketones (excluding diaryl/α,β-unsaturated/α-hetero) is 2. The molecule has 1 aliphatic heterocycles. The van der Waals surface area contributed by atoms with E-state index < -0.39 is 12.0 Å². The number of carbonyl (C=O) groups is 3. The van der Waals surface area contributed by atoms with E-state index in [-0.39, 0.29) is 17.3 Å². The Hall–Kier alpha value is -3.16. The van der Waals surface area contributed by atoms with E-state index in [4.69, 9.17) is 9.47 Å². The maximum absolute atomic E-state index is 13.3. The van der Waals surface area contributed by atoms with Crippen LogP contribution in [0.15, 0.2) is 53.5 Å². The molecule has 0 amide bonds. The summed E-state index contributed by atoms with van der Waals surface area (Å²) in [5.74, 6) is -0.800. The van der Waals surface area contributed by atoms with Crippen molar-refractivity contribution in [3.05, 3.63) is 65.2 Å². The molecule has 0 N–H and O–H groups in total. The number of ether oxygens (including phenoxy) is 2. The molecule has 0 bridgehead atoms. The minimum absolute atomic E-state index is 0.131. The summed E-state index contributed by atoms with van der Waals surface area (Å²) < 4.78 is 10.4. The van der Waals surface area contributed by atoms with Crippen molar-refractivity contribution in [1.82, 2.24) is 4.90 Å². The van der Waals surface area contributed by atoms with Crippen LogP contribution in [0.25, 0.3) is 0 Å². The molecule has 1 aliphatic carbocycles. The Morgan fingerprint density at radius 1 is 1.07 bits per heavy atom. The Morgan fingerprint density at radius 3 is 2.40 bits per heavy atom. The van der Waals surface area contributed by atoms with Crippen LogP contribution in [0.5, 0.6) is 0 Å². The second-order valence-corrected chi connectivity index (χ2v) is 7.05. The third-order valence-corrected chi connectivity index (χ3v) is 5.22. The Morgan fingerprint density at radius 2 is 1.73 bits per heavy atom. The molecule has 2 aromatic carbocycles. The monoisotopic (exact) mass is 406 g/mol. The summed E-state index contributed by atoms with van der Waals surface area (Å²) in [6.07, 6.45) is 0. The first-order valence-electron chi connectivity index (χ1n) is 9.95. The van der Waals surface area contributed by atoms with Crippen molar-refractivity contribution in [3.8, 4) is 0 Å². The highest BCUT2D eigenvalue weighted by atomic mass is 16.5. The Balaban J connectivity index is 1.73. The van der Waals surface area contributed by atoms with Crippen LogP contribution in [-0.2, 0) is 9.47 Å². The fourth-order valence-electron chi connectivity index (χ4n) is 3.74. The fraction of sp³-hybridized carbons (Fsp3) is 0.304. The van der Waals surface area contributed by atoms with Gasteiger partial charge in [0.1, 0.15) is 11.8 Å². The van der Waals surface area contributed by atoms with Crippen LogP contribution < -0.4 is 0 Å². The predicted octanol–water partition coefficient (Wildman–Crippen LogP) is 2.72. The summed E-state index contributed by atoms with van der Waals surface area (Å²) in [6.45, 7) is 4.13. The number of esters is 1. The van der Waals surface area contributed by atoms with E-state index in [1.807, 2.05) is 4.90 Å². The van der Waals surface area contributed by atoms with Gasteiger partial charge < -0.3 is 9.47 Å². The Kier molecular flexibility index (Phi) is 5.83. The van der Waals surface area contributed by atoms with Gasteiger partial charge in [-0.25, -0.2) is 9.79 Å². The topological polar surface area (TPSA) is 85.3 Å². The van der Waals surface area contributed by atoms with Crippen LogP contribution in [-0.4, -0.2) is 67.1 Å². The number of fused-ring (bicyclic) bond motifs is 1. The zero-order valence-corrected chi connectivity index (χ0v) is 16.7.